The maximum absolute atomic E-state index is 11.1. The molecule has 1 aromatic carbocycles. The van der Waals surface area contributed by atoms with Gasteiger partial charge in [0.1, 0.15) is 5.75 Å². The zero-order chi connectivity index (χ0) is 15.5. The van der Waals surface area contributed by atoms with Crippen molar-refractivity contribution in [3.63, 3.8) is 0 Å². The lowest BCUT2D eigenvalue weighted by molar-refractivity contribution is 0.296. The molecular weight excluding hydrogens is 287 g/mol. The van der Waals surface area contributed by atoms with Gasteiger partial charge in [0.15, 0.2) is 6.35 Å². The third-order valence-electron chi connectivity index (χ3n) is 4.17. The van der Waals surface area contributed by atoms with E-state index in [4.69, 9.17) is 14.5 Å². The number of hydrogen-bond acceptors (Lipinski definition) is 2. The fourth-order valence-corrected chi connectivity index (χ4v) is 2.80. The molecule has 4 nitrogen and oxygen atoms in total. The third-order valence-corrected chi connectivity index (χ3v) is 4.63. The highest BCUT2D eigenvalue weighted by molar-refractivity contribution is 7.51. The van der Waals surface area contributed by atoms with Gasteiger partial charge in [0.25, 0.3) is 0 Å². The van der Waals surface area contributed by atoms with Gasteiger partial charge >= 0.3 is 7.60 Å². The molecule has 0 saturated heterocycles. The van der Waals surface area contributed by atoms with Gasteiger partial charge in [-0.05, 0) is 42.2 Å². The molecule has 118 valence electrons. The van der Waals surface area contributed by atoms with Crippen LogP contribution in [0.5, 0.6) is 5.75 Å². The average Bonchev–Trinajstić information content (AvgIpc) is 3.25. The second-order valence-corrected chi connectivity index (χ2v) is 7.65. The Morgan fingerprint density at radius 3 is 2.67 bits per heavy atom. The Morgan fingerprint density at radius 2 is 2.10 bits per heavy atom. The maximum atomic E-state index is 11.1. The molecule has 0 spiro atoms. The van der Waals surface area contributed by atoms with Gasteiger partial charge in [0.05, 0.1) is 0 Å². The summed E-state index contributed by atoms with van der Waals surface area (Å²) in [6.45, 7) is 4.22. The maximum Gasteiger partial charge on any atom is 0.362 e. The first-order chi connectivity index (χ1) is 9.90. The van der Waals surface area contributed by atoms with E-state index in [1.165, 1.54) is 12.8 Å². The van der Waals surface area contributed by atoms with E-state index < -0.39 is 13.9 Å². The summed E-state index contributed by atoms with van der Waals surface area (Å²) >= 11 is 0. The Bertz CT molecular complexity index is 519. The van der Waals surface area contributed by atoms with Crippen molar-refractivity contribution < 1.29 is 19.1 Å². The minimum absolute atomic E-state index is 0.317. The molecule has 0 aliphatic heterocycles. The molecule has 2 N–H and O–H groups in total. The first kappa shape index (κ1) is 16.5. The number of aryl methyl sites for hydroxylation is 1. The van der Waals surface area contributed by atoms with E-state index in [9.17, 15) is 4.57 Å². The van der Waals surface area contributed by atoms with Crippen LogP contribution < -0.4 is 4.74 Å². The molecule has 0 aromatic heterocycles. The molecule has 0 amide bonds. The molecule has 2 rings (SSSR count). The Kier molecular flexibility index (Phi) is 5.48. The number of para-hydroxylation sites is 1. The van der Waals surface area contributed by atoms with Crippen molar-refractivity contribution >= 4 is 7.60 Å². The van der Waals surface area contributed by atoms with Crippen molar-refractivity contribution in [1.82, 2.24) is 0 Å². The van der Waals surface area contributed by atoms with Crippen molar-refractivity contribution in [2.75, 3.05) is 6.35 Å². The van der Waals surface area contributed by atoms with Crippen LogP contribution >= 0.6 is 7.60 Å². The van der Waals surface area contributed by atoms with Gasteiger partial charge in [-0.3, -0.25) is 4.57 Å². The second kappa shape index (κ2) is 6.95. The normalized spacial score (nSPS) is 16.8. The second-order valence-electron chi connectivity index (χ2n) is 6.06. The summed E-state index contributed by atoms with van der Waals surface area (Å²) in [5.41, 5.74) is 2.13. The molecule has 0 heterocycles. The topological polar surface area (TPSA) is 66.8 Å². The van der Waals surface area contributed by atoms with E-state index in [0.717, 1.165) is 36.3 Å². The number of hydrogen-bond donors (Lipinski definition) is 2. The average molecular weight is 312 g/mol. The standard InChI is InChI=1S/C16H25O4P/c1-3-12(2)15-6-4-5-14(10-9-13-7-8-13)16(15)20-11-21(17,18)19/h4-6,12-13H,3,7-11H2,1-2H3,(H2,17,18,19). The van der Waals surface area contributed by atoms with Gasteiger partial charge in [-0.25, -0.2) is 0 Å². The van der Waals surface area contributed by atoms with Gasteiger partial charge in [0, 0.05) is 0 Å². The third kappa shape index (κ3) is 5.14. The van der Waals surface area contributed by atoms with Crippen LogP contribution in [0.1, 0.15) is 56.6 Å². The summed E-state index contributed by atoms with van der Waals surface area (Å²) in [5, 5.41) is 0. The highest BCUT2D eigenvalue weighted by Gasteiger charge is 2.23. The van der Waals surface area contributed by atoms with Gasteiger partial charge in [-0.1, -0.05) is 44.9 Å². The minimum atomic E-state index is -4.16. The molecule has 1 saturated carbocycles. The van der Waals surface area contributed by atoms with Crippen molar-refractivity contribution in [2.24, 2.45) is 5.92 Å². The fourth-order valence-electron chi connectivity index (χ4n) is 2.50. The molecule has 1 aliphatic carbocycles. The van der Waals surface area contributed by atoms with Crippen LogP contribution in [-0.4, -0.2) is 16.1 Å². The van der Waals surface area contributed by atoms with Crippen LogP contribution in [0.2, 0.25) is 0 Å². The smallest absolute Gasteiger partial charge is 0.362 e. The van der Waals surface area contributed by atoms with E-state index in [-0.39, 0.29) is 0 Å². The Hall–Kier alpha value is -0.830. The summed E-state index contributed by atoms with van der Waals surface area (Å²) in [6.07, 6.45) is 5.10. The minimum Gasteiger partial charge on any atom is -0.480 e. The Balaban J connectivity index is 2.21. The van der Waals surface area contributed by atoms with E-state index >= 15 is 0 Å². The predicted octanol–water partition coefficient (Wildman–Crippen LogP) is 4.06. The highest BCUT2D eigenvalue weighted by Crippen LogP contribution is 2.40. The van der Waals surface area contributed by atoms with Crippen molar-refractivity contribution in [3.8, 4) is 5.75 Å². The number of ether oxygens (including phenoxy) is 1. The summed E-state index contributed by atoms with van der Waals surface area (Å²) in [6, 6.07) is 6.04. The fraction of sp³-hybridized carbons (Fsp3) is 0.625. The molecule has 1 aliphatic rings. The van der Waals surface area contributed by atoms with Gasteiger partial charge in [-0.2, -0.15) is 0 Å². The largest absolute Gasteiger partial charge is 0.480 e. The zero-order valence-electron chi connectivity index (χ0n) is 12.8. The molecule has 1 atom stereocenters. The lowest BCUT2D eigenvalue weighted by Gasteiger charge is -2.19. The quantitative estimate of drug-likeness (QED) is 0.710. The molecule has 1 fully saturated rings. The molecule has 21 heavy (non-hydrogen) atoms. The van der Waals surface area contributed by atoms with E-state index in [1.807, 2.05) is 18.2 Å². The van der Waals surface area contributed by atoms with Crippen LogP contribution in [0.25, 0.3) is 0 Å². The van der Waals surface area contributed by atoms with Gasteiger partial charge < -0.3 is 14.5 Å². The number of rotatable bonds is 8. The summed E-state index contributed by atoms with van der Waals surface area (Å²) in [4.78, 5) is 18.1. The van der Waals surface area contributed by atoms with Crippen molar-refractivity contribution in [3.05, 3.63) is 29.3 Å². The molecule has 1 unspecified atom stereocenters. The van der Waals surface area contributed by atoms with E-state index in [0.29, 0.717) is 11.7 Å². The van der Waals surface area contributed by atoms with Crippen molar-refractivity contribution in [1.29, 1.82) is 0 Å². The predicted molar refractivity (Wildman–Crippen MR) is 83.7 cm³/mol. The summed E-state index contributed by atoms with van der Waals surface area (Å²) in [7, 11) is -4.16. The molecule has 1 aromatic rings. The molecular formula is C16H25O4P. The molecule has 0 radical (unpaired) electrons. The highest BCUT2D eigenvalue weighted by atomic mass is 31.2. The van der Waals surface area contributed by atoms with E-state index in [2.05, 4.69) is 13.8 Å². The zero-order valence-corrected chi connectivity index (χ0v) is 13.7. The lowest BCUT2D eigenvalue weighted by atomic mass is 9.93. The van der Waals surface area contributed by atoms with Crippen LogP contribution in [0.15, 0.2) is 18.2 Å². The summed E-state index contributed by atoms with van der Waals surface area (Å²) in [5.74, 6) is 1.83. The van der Waals surface area contributed by atoms with Gasteiger partial charge in [-0.15, -0.1) is 0 Å². The Labute approximate surface area is 126 Å². The number of benzene rings is 1. The van der Waals surface area contributed by atoms with Crippen LogP contribution in [0.4, 0.5) is 0 Å². The van der Waals surface area contributed by atoms with E-state index in [1.54, 1.807) is 0 Å². The summed E-state index contributed by atoms with van der Waals surface area (Å²) < 4.78 is 16.7. The molecule has 5 heteroatoms. The first-order valence-electron chi connectivity index (χ1n) is 7.70. The van der Waals surface area contributed by atoms with Crippen molar-refractivity contribution in [2.45, 2.75) is 51.9 Å². The van der Waals surface area contributed by atoms with Crippen LogP contribution in [0.3, 0.4) is 0 Å². The monoisotopic (exact) mass is 312 g/mol. The SMILES string of the molecule is CCC(C)c1cccc(CCC2CC2)c1OCP(=O)(O)O. The Morgan fingerprint density at radius 1 is 1.38 bits per heavy atom. The van der Waals surface area contributed by atoms with Crippen LogP contribution in [0, 0.1) is 5.92 Å². The van der Waals surface area contributed by atoms with Gasteiger partial charge in [0.2, 0.25) is 0 Å². The lowest BCUT2D eigenvalue weighted by Crippen LogP contribution is -2.06. The van der Waals surface area contributed by atoms with Crippen LogP contribution in [-0.2, 0) is 11.0 Å². The molecule has 0 bridgehead atoms. The first-order valence-corrected chi connectivity index (χ1v) is 9.49.